The van der Waals surface area contributed by atoms with Gasteiger partial charge in [-0.15, -0.1) is 0 Å². The molecule has 5 heteroatoms. The zero-order valence-electron chi connectivity index (χ0n) is 9.93. The highest BCUT2D eigenvalue weighted by atomic mass is 16.6. The minimum absolute atomic E-state index is 0.0868. The van der Waals surface area contributed by atoms with Crippen LogP contribution in [-0.2, 0) is 0 Å². The lowest BCUT2D eigenvalue weighted by molar-refractivity contribution is -0.385. The third-order valence-corrected chi connectivity index (χ3v) is 2.45. The molecule has 1 rings (SSSR count). The first-order chi connectivity index (χ1) is 8.08. The predicted molar refractivity (Wildman–Crippen MR) is 65.8 cm³/mol. The van der Waals surface area contributed by atoms with Gasteiger partial charge in [0.2, 0.25) is 0 Å². The summed E-state index contributed by atoms with van der Waals surface area (Å²) in [6, 6.07) is 6.64. The minimum Gasteiger partial charge on any atom is -0.382 e. The lowest BCUT2D eigenvalue weighted by Crippen LogP contribution is -2.14. The zero-order valence-corrected chi connectivity index (χ0v) is 9.93. The van der Waals surface area contributed by atoms with Gasteiger partial charge in [0.1, 0.15) is 11.6 Å². The molecular weight excluding hydrogens is 218 g/mol. The van der Waals surface area contributed by atoms with Gasteiger partial charge in [-0.1, -0.05) is 13.3 Å². The lowest BCUT2D eigenvalue weighted by atomic mass is 10.1. The standard InChI is InChI=1S/C12H15N3O2/c1-3-4-9(2)14-11-6-5-10(8-13)12(7-11)15(16)17/h5-7,9,14H,3-4H2,1-2H3. The fourth-order valence-electron chi connectivity index (χ4n) is 1.66. The Balaban J connectivity index is 2.93. The van der Waals surface area contributed by atoms with Crippen molar-refractivity contribution in [3.63, 3.8) is 0 Å². The monoisotopic (exact) mass is 233 g/mol. The third-order valence-electron chi connectivity index (χ3n) is 2.45. The molecule has 1 atom stereocenters. The molecule has 5 nitrogen and oxygen atoms in total. The summed E-state index contributed by atoms with van der Waals surface area (Å²) in [5.74, 6) is 0. The van der Waals surface area contributed by atoms with Crippen LogP contribution in [0, 0.1) is 21.4 Å². The Hall–Kier alpha value is -2.09. The number of anilines is 1. The van der Waals surface area contributed by atoms with E-state index in [-0.39, 0.29) is 17.3 Å². The molecule has 0 aliphatic rings. The second kappa shape index (κ2) is 5.85. The van der Waals surface area contributed by atoms with Gasteiger partial charge in [0.05, 0.1) is 4.92 Å². The van der Waals surface area contributed by atoms with Crippen LogP contribution in [0.25, 0.3) is 0 Å². The molecule has 1 aromatic carbocycles. The maximum atomic E-state index is 10.8. The molecule has 90 valence electrons. The average molecular weight is 233 g/mol. The Morgan fingerprint density at radius 1 is 1.59 bits per heavy atom. The SMILES string of the molecule is CCCC(C)Nc1ccc(C#N)c([N+](=O)[O-])c1. The average Bonchev–Trinajstić information content (AvgIpc) is 2.29. The maximum absolute atomic E-state index is 10.8. The van der Waals surface area contributed by atoms with Crippen LogP contribution in [0.2, 0.25) is 0 Å². The molecule has 0 saturated heterocycles. The van der Waals surface area contributed by atoms with E-state index in [1.807, 2.05) is 13.0 Å². The second-order valence-electron chi connectivity index (χ2n) is 3.93. The van der Waals surface area contributed by atoms with Crippen molar-refractivity contribution in [1.82, 2.24) is 0 Å². The molecule has 0 aromatic heterocycles. The van der Waals surface area contributed by atoms with Crippen LogP contribution >= 0.6 is 0 Å². The van der Waals surface area contributed by atoms with Crippen molar-refractivity contribution in [2.45, 2.75) is 32.7 Å². The van der Waals surface area contributed by atoms with E-state index in [2.05, 4.69) is 12.2 Å². The van der Waals surface area contributed by atoms with Crippen LogP contribution in [0.4, 0.5) is 11.4 Å². The van der Waals surface area contributed by atoms with E-state index in [1.54, 1.807) is 6.07 Å². The van der Waals surface area contributed by atoms with Crippen molar-refractivity contribution in [1.29, 1.82) is 5.26 Å². The van der Waals surface area contributed by atoms with Gasteiger partial charge in [0, 0.05) is 17.8 Å². The molecule has 0 fully saturated rings. The number of nitro benzene ring substituents is 1. The first-order valence-corrected chi connectivity index (χ1v) is 5.53. The molecule has 0 saturated carbocycles. The van der Waals surface area contributed by atoms with Gasteiger partial charge < -0.3 is 5.32 Å². The number of hydrogen-bond acceptors (Lipinski definition) is 4. The van der Waals surface area contributed by atoms with Crippen LogP contribution in [0.1, 0.15) is 32.3 Å². The number of nitro groups is 1. The van der Waals surface area contributed by atoms with Crippen LogP contribution in [0.3, 0.4) is 0 Å². The van der Waals surface area contributed by atoms with Crippen LogP contribution in [0.15, 0.2) is 18.2 Å². The maximum Gasteiger partial charge on any atom is 0.289 e. The van der Waals surface area contributed by atoms with E-state index in [9.17, 15) is 10.1 Å². The topological polar surface area (TPSA) is 79.0 Å². The number of nitriles is 1. The van der Waals surface area contributed by atoms with Gasteiger partial charge in [-0.25, -0.2) is 0 Å². The number of nitrogens with one attached hydrogen (secondary N) is 1. The van der Waals surface area contributed by atoms with E-state index in [1.165, 1.54) is 12.1 Å². The summed E-state index contributed by atoms with van der Waals surface area (Å²) in [7, 11) is 0. The highest BCUT2D eigenvalue weighted by molar-refractivity contribution is 5.59. The van der Waals surface area contributed by atoms with Crippen LogP contribution in [0.5, 0.6) is 0 Å². The Morgan fingerprint density at radius 2 is 2.29 bits per heavy atom. The van der Waals surface area contributed by atoms with E-state index in [4.69, 9.17) is 5.26 Å². The van der Waals surface area contributed by atoms with Crippen molar-refractivity contribution in [3.05, 3.63) is 33.9 Å². The molecule has 1 N–H and O–H groups in total. The van der Waals surface area contributed by atoms with Gasteiger partial charge in [-0.3, -0.25) is 10.1 Å². The summed E-state index contributed by atoms with van der Waals surface area (Å²) in [5, 5.41) is 22.7. The quantitative estimate of drug-likeness (QED) is 0.626. The fourth-order valence-corrected chi connectivity index (χ4v) is 1.66. The van der Waals surface area contributed by atoms with Crippen molar-refractivity contribution >= 4 is 11.4 Å². The first-order valence-electron chi connectivity index (χ1n) is 5.53. The second-order valence-corrected chi connectivity index (χ2v) is 3.93. The smallest absolute Gasteiger partial charge is 0.289 e. The summed E-state index contributed by atoms with van der Waals surface area (Å²) in [5.41, 5.74) is 0.613. The normalized spacial score (nSPS) is 11.6. The molecule has 0 radical (unpaired) electrons. The highest BCUT2D eigenvalue weighted by Crippen LogP contribution is 2.23. The third kappa shape index (κ3) is 3.45. The van der Waals surface area contributed by atoms with Crippen LogP contribution < -0.4 is 5.32 Å². The molecule has 1 aromatic rings. The Labute approximate surface area is 100 Å². The van der Waals surface area contributed by atoms with Crippen molar-refractivity contribution in [3.8, 4) is 6.07 Å². The Bertz CT molecular complexity index is 452. The van der Waals surface area contributed by atoms with Gasteiger partial charge in [-0.2, -0.15) is 5.26 Å². The fraction of sp³-hybridized carbons (Fsp3) is 0.417. The molecule has 0 spiro atoms. The summed E-state index contributed by atoms with van der Waals surface area (Å²) < 4.78 is 0. The van der Waals surface area contributed by atoms with E-state index in [0.717, 1.165) is 12.8 Å². The van der Waals surface area contributed by atoms with Crippen LogP contribution in [-0.4, -0.2) is 11.0 Å². The largest absolute Gasteiger partial charge is 0.382 e. The molecular formula is C12H15N3O2. The number of rotatable bonds is 5. The predicted octanol–water partition coefficient (Wildman–Crippen LogP) is 3.07. The molecule has 1 unspecified atom stereocenters. The van der Waals surface area contributed by atoms with E-state index in [0.29, 0.717) is 5.69 Å². The van der Waals surface area contributed by atoms with E-state index < -0.39 is 4.92 Å². The minimum atomic E-state index is -0.534. The molecule has 0 aliphatic heterocycles. The highest BCUT2D eigenvalue weighted by Gasteiger charge is 2.14. The Kier molecular flexibility index (Phi) is 4.46. The van der Waals surface area contributed by atoms with E-state index >= 15 is 0 Å². The molecule has 0 aliphatic carbocycles. The van der Waals surface area contributed by atoms with Gasteiger partial charge >= 0.3 is 0 Å². The number of nitrogens with zero attached hydrogens (tertiary/aromatic N) is 2. The Morgan fingerprint density at radius 3 is 2.82 bits per heavy atom. The summed E-state index contributed by atoms with van der Waals surface area (Å²) in [6.07, 6.45) is 2.04. The molecule has 0 amide bonds. The van der Waals surface area contributed by atoms with Crippen molar-refractivity contribution < 1.29 is 4.92 Å². The zero-order chi connectivity index (χ0) is 12.8. The summed E-state index contributed by atoms with van der Waals surface area (Å²) in [4.78, 5) is 10.2. The number of hydrogen-bond donors (Lipinski definition) is 1. The molecule has 17 heavy (non-hydrogen) atoms. The van der Waals surface area contributed by atoms with Crippen molar-refractivity contribution in [2.75, 3.05) is 5.32 Å². The molecule has 0 heterocycles. The first kappa shape index (κ1) is 13.0. The van der Waals surface area contributed by atoms with Crippen molar-refractivity contribution in [2.24, 2.45) is 0 Å². The lowest BCUT2D eigenvalue weighted by Gasteiger charge is -2.14. The van der Waals surface area contributed by atoms with Gasteiger partial charge in [-0.05, 0) is 25.5 Å². The van der Waals surface area contributed by atoms with Gasteiger partial charge in [0.15, 0.2) is 0 Å². The summed E-state index contributed by atoms with van der Waals surface area (Å²) >= 11 is 0. The van der Waals surface area contributed by atoms with Gasteiger partial charge in [0.25, 0.3) is 5.69 Å². The molecule has 0 bridgehead atoms. The number of benzene rings is 1. The summed E-state index contributed by atoms with van der Waals surface area (Å²) in [6.45, 7) is 4.10.